The second-order valence-electron chi connectivity index (χ2n) is 9.35. The summed E-state index contributed by atoms with van der Waals surface area (Å²) < 4.78 is 5.81. The van der Waals surface area contributed by atoms with Gasteiger partial charge in [0.25, 0.3) is 0 Å². The fourth-order valence-corrected chi connectivity index (χ4v) is 4.77. The van der Waals surface area contributed by atoms with Crippen LogP contribution in [0.15, 0.2) is 23.8 Å². The van der Waals surface area contributed by atoms with E-state index in [1.165, 1.54) is 0 Å². The number of carboxylic acids is 2. The summed E-state index contributed by atoms with van der Waals surface area (Å²) in [5.74, 6) is -5.98. The number of carboxylic acid groups (broad SMARTS) is 2. The van der Waals surface area contributed by atoms with Crippen LogP contribution < -0.4 is 0 Å². The standard InChI is InChI=1S/C24H36O9/c1-4-12(2)24(32)33-19-11-16(26)9-14-6-5-13(3)17(20(14)19)8-7-15(25)10-18(27)21(22(28)29)23(30)31/h5-6,9,12-13,15-21,25-27H,4,7-8,10-11H2,1-3H3,(H,28,29)(H,30,31)/t12-,13-,15+,16+,17-,18+,19-,20-/m0/s1. The van der Waals surface area contributed by atoms with Gasteiger partial charge in [-0.3, -0.25) is 14.4 Å². The number of aliphatic hydroxyl groups is 3. The third-order valence-electron chi connectivity index (χ3n) is 6.92. The van der Waals surface area contributed by atoms with Gasteiger partial charge in [-0.25, -0.2) is 0 Å². The Hall–Kier alpha value is -2.23. The summed E-state index contributed by atoms with van der Waals surface area (Å²) in [6.45, 7) is 5.71. The molecule has 0 bridgehead atoms. The molecule has 33 heavy (non-hydrogen) atoms. The minimum Gasteiger partial charge on any atom is -0.481 e. The number of fused-ring (bicyclic) bond motifs is 1. The van der Waals surface area contributed by atoms with E-state index in [0.717, 1.165) is 5.57 Å². The quantitative estimate of drug-likeness (QED) is 0.225. The monoisotopic (exact) mass is 468 g/mol. The molecule has 0 aliphatic heterocycles. The van der Waals surface area contributed by atoms with Crippen LogP contribution in [0.25, 0.3) is 0 Å². The van der Waals surface area contributed by atoms with Crippen LogP contribution in [0.2, 0.25) is 0 Å². The van der Waals surface area contributed by atoms with Crippen molar-refractivity contribution in [3.05, 3.63) is 23.8 Å². The predicted molar refractivity (Wildman–Crippen MR) is 118 cm³/mol. The molecular weight excluding hydrogens is 432 g/mol. The Balaban J connectivity index is 2.11. The molecular formula is C24H36O9. The van der Waals surface area contributed by atoms with E-state index in [4.69, 9.17) is 14.9 Å². The molecule has 2 rings (SSSR count). The zero-order valence-corrected chi connectivity index (χ0v) is 19.3. The highest BCUT2D eigenvalue weighted by atomic mass is 16.5. The van der Waals surface area contributed by atoms with E-state index in [0.29, 0.717) is 12.8 Å². The van der Waals surface area contributed by atoms with E-state index >= 15 is 0 Å². The lowest BCUT2D eigenvalue weighted by molar-refractivity contribution is -0.162. The first-order chi connectivity index (χ1) is 15.5. The summed E-state index contributed by atoms with van der Waals surface area (Å²) in [5.41, 5.74) is 0.880. The van der Waals surface area contributed by atoms with Crippen molar-refractivity contribution in [2.75, 3.05) is 0 Å². The van der Waals surface area contributed by atoms with Crippen molar-refractivity contribution in [2.24, 2.45) is 29.6 Å². The fourth-order valence-electron chi connectivity index (χ4n) is 4.77. The van der Waals surface area contributed by atoms with Crippen LogP contribution in [-0.2, 0) is 19.1 Å². The SMILES string of the molecule is CC[C@H](C)C(=O)O[C@H]1C[C@H](O)C=C2C=C[C@H](C)[C@H](CC[C@@H](O)C[C@@H](O)C(C(=O)O)C(=O)O)[C@H]21. The highest BCUT2D eigenvalue weighted by Crippen LogP contribution is 2.44. The summed E-state index contributed by atoms with van der Waals surface area (Å²) in [5, 5.41) is 48.7. The van der Waals surface area contributed by atoms with Gasteiger partial charge in [-0.05, 0) is 36.7 Å². The van der Waals surface area contributed by atoms with Crippen molar-refractivity contribution in [3.63, 3.8) is 0 Å². The van der Waals surface area contributed by atoms with Crippen molar-refractivity contribution in [2.45, 2.75) is 77.3 Å². The maximum absolute atomic E-state index is 12.5. The first kappa shape index (κ1) is 27.0. The molecule has 8 atom stereocenters. The molecule has 0 amide bonds. The number of hydrogen-bond donors (Lipinski definition) is 5. The van der Waals surface area contributed by atoms with E-state index in [1.54, 1.807) is 13.0 Å². The summed E-state index contributed by atoms with van der Waals surface area (Å²) in [6.07, 6.45) is 2.90. The molecule has 0 unspecified atom stereocenters. The molecule has 0 heterocycles. The van der Waals surface area contributed by atoms with Gasteiger partial charge in [-0.2, -0.15) is 0 Å². The molecule has 2 aliphatic carbocycles. The van der Waals surface area contributed by atoms with Gasteiger partial charge in [-0.15, -0.1) is 0 Å². The maximum atomic E-state index is 12.5. The second kappa shape index (κ2) is 11.8. The number of hydrogen-bond acceptors (Lipinski definition) is 7. The first-order valence-electron chi connectivity index (χ1n) is 11.6. The van der Waals surface area contributed by atoms with E-state index in [9.17, 15) is 29.7 Å². The maximum Gasteiger partial charge on any atom is 0.320 e. The number of esters is 1. The molecule has 0 saturated heterocycles. The van der Waals surface area contributed by atoms with Crippen LogP contribution in [-0.4, -0.2) is 67.9 Å². The van der Waals surface area contributed by atoms with Crippen LogP contribution in [0, 0.1) is 29.6 Å². The molecule has 2 aliphatic rings. The largest absolute Gasteiger partial charge is 0.481 e. The second-order valence-corrected chi connectivity index (χ2v) is 9.35. The first-order valence-corrected chi connectivity index (χ1v) is 11.6. The number of aliphatic carboxylic acids is 2. The predicted octanol–water partition coefficient (Wildman–Crippen LogP) is 1.75. The molecule has 0 aromatic rings. The number of aliphatic hydroxyl groups excluding tert-OH is 3. The Morgan fingerprint density at radius 2 is 1.82 bits per heavy atom. The lowest BCUT2D eigenvalue weighted by Gasteiger charge is -2.43. The van der Waals surface area contributed by atoms with Gasteiger partial charge in [0.1, 0.15) is 6.10 Å². The molecule has 9 heteroatoms. The summed E-state index contributed by atoms with van der Waals surface area (Å²) in [7, 11) is 0. The number of rotatable bonds is 11. The van der Waals surface area contributed by atoms with E-state index in [1.807, 2.05) is 26.0 Å². The molecule has 0 aromatic heterocycles. The minimum atomic E-state index is -2.00. The van der Waals surface area contributed by atoms with E-state index in [-0.39, 0.29) is 48.9 Å². The van der Waals surface area contributed by atoms with Gasteiger partial charge in [0.15, 0.2) is 5.92 Å². The lowest BCUT2D eigenvalue weighted by atomic mass is 9.66. The van der Waals surface area contributed by atoms with Crippen LogP contribution >= 0.6 is 0 Å². The molecule has 186 valence electrons. The van der Waals surface area contributed by atoms with Crippen molar-refractivity contribution >= 4 is 17.9 Å². The normalized spacial score (nSPS) is 29.5. The zero-order valence-electron chi connectivity index (χ0n) is 19.3. The Morgan fingerprint density at radius 1 is 1.18 bits per heavy atom. The number of carbonyl (C=O) groups is 3. The Labute approximate surface area is 193 Å². The van der Waals surface area contributed by atoms with Crippen molar-refractivity contribution < 1.29 is 44.7 Å². The Kier molecular flexibility index (Phi) is 9.63. The Bertz CT molecular complexity index is 760. The van der Waals surface area contributed by atoms with Crippen molar-refractivity contribution in [1.82, 2.24) is 0 Å². The third-order valence-corrected chi connectivity index (χ3v) is 6.92. The van der Waals surface area contributed by atoms with Gasteiger partial charge >= 0.3 is 17.9 Å². The molecule has 0 spiro atoms. The van der Waals surface area contributed by atoms with Gasteiger partial charge in [-0.1, -0.05) is 39.0 Å². The molecule has 5 N–H and O–H groups in total. The number of ether oxygens (including phenoxy) is 1. The van der Waals surface area contributed by atoms with Crippen LogP contribution in [0.5, 0.6) is 0 Å². The van der Waals surface area contributed by atoms with Gasteiger partial charge in [0.05, 0.1) is 24.2 Å². The molecule has 0 saturated carbocycles. The Morgan fingerprint density at radius 3 is 2.39 bits per heavy atom. The summed E-state index contributed by atoms with van der Waals surface area (Å²) >= 11 is 0. The van der Waals surface area contributed by atoms with Crippen molar-refractivity contribution in [1.29, 1.82) is 0 Å². The summed E-state index contributed by atoms with van der Waals surface area (Å²) in [6, 6.07) is 0. The third kappa shape index (κ3) is 6.88. The smallest absolute Gasteiger partial charge is 0.320 e. The number of allylic oxidation sites excluding steroid dienone is 2. The number of carbonyl (C=O) groups excluding carboxylic acids is 1. The van der Waals surface area contributed by atoms with E-state index < -0.39 is 42.3 Å². The highest BCUT2D eigenvalue weighted by Gasteiger charge is 2.42. The lowest BCUT2D eigenvalue weighted by Crippen LogP contribution is -2.43. The highest BCUT2D eigenvalue weighted by molar-refractivity contribution is 5.93. The fraction of sp³-hybridized carbons (Fsp3) is 0.708. The van der Waals surface area contributed by atoms with E-state index in [2.05, 4.69) is 0 Å². The summed E-state index contributed by atoms with van der Waals surface area (Å²) in [4.78, 5) is 34.7. The van der Waals surface area contributed by atoms with Crippen LogP contribution in [0.4, 0.5) is 0 Å². The van der Waals surface area contributed by atoms with Crippen LogP contribution in [0.1, 0.15) is 52.9 Å². The molecule has 0 radical (unpaired) electrons. The molecule has 0 fully saturated rings. The van der Waals surface area contributed by atoms with Gasteiger partial charge in [0, 0.05) is 18.8 Å². The van der Waals surface area contributed by atoms with Gasteiger partial charge in [0.2, 0.25) is 0 Å². The van der Waals surface area contributed by atoms with Crippen LogP contribution in [0.3, 0.4) is 0 Å². The molecule has 9 nitrogen and oxygen atoms in total. The minimum absolute atomic E-state index is 0.0231. The van der Waals surface area contributed by atoms with Gasteiger partial charge < -0.3 is 30.3 Å². The zero-order chi connectivity index (χ0) is 24.9. The molecule has 0 aromatic carbocycles. The average molecular weight is 469 g/mol. The topological polar surface area (TPSA) is 162 Å². The van der Waals surface area contributed by atoms with Crippen molar-refractivity contribution in [3.8, 4) is 0 Å². The average Bonchev–Trinajstić information content (AvgIpc) is 2.71.